The molecule has 0 saturated heterocycles. The molecule has 2 amide bonds. The van der Waals surface area contributed by atoms with Gasteiger partial charge in [0.05, 0.1) is 10.6 Å². The van der Waals surface area contributed by atoms with Gasteiger partial charge >= 0.3 is 6.03 Å². The number of carbonyl (C=O) groups excluding carboxylic acids is 1. The maximum atomic E-state index is 12.6. The lowest BCUT2D eigenvalue weighted by atomic mass is 10.1. The van der Waals surface area contributed by atoms with E-state index in [9.17, 15) is 4.79 Å². The number of thiophene rings is 1. The summed E-state index contributed by atoms with van der Waals surface area (Å²) in [5.74, 6) is 0.707. The van der Waals surface area contributed by atoms with Gasteiger partial charge in [-0.2, -0.15) is 9.61 Å². The Hall–Kier alpha value is -4.04. The van der Waals surface area contributed by atoms with Crippen LogP contribution in [0.1, 0.15) is 11.1 Å². The van der Waals surface area contributed by atoms with Gasteiger partial charge in [0.2, 0.25) is 0 Å². The Morgan fingerprint density at radius 1 is 0.938 bits per heavy atom. The SMILES string of the molecule is Cc1cccc(NC(=O)Nc2cccc(-c3ccc4nnc(-c5cccs5)n4n3)c2)c1C. The maximum absolute atomic E-state index is 12.6. The van der Waals surface area contributed by atoms with Gasteiger partial charge in [0.25, 0.3) is 0 Å². The van der Waals surface area contributed by atoms with Gasteiger partial charge in [0, 0.05) is 16.9 Å². The summed E-state index contributed by atoms with van der Waals surface area (Å²) in [6.07, 6.45) is 0. The summed E-state index contributed by atoms with van der Waals surface area (Å²) in [7, 11) is 0. The number of benzene rings is 2. The smallest absolute Gasteiger partial charge is 0.308 e. The van der Waals surface area contributed by atoms with E-state index in [1.807, 2.05) is 86.0 Å². The Morgan fingerprint density at radius 2 is 1.81 bits per heavy atom. The van der Waals surface area contributed by atoms with Crippen molar-refractivity contribution in [2.24, 2.45) is 0 Å². The number of anilines is 2. The zero-order chi connectivity index (χ0) is 22.1. The van der Waals surface area contributed by atoms with Crippen LogP contribution in [0, 0.1) is 13.8 Å². The molecule has 0 aliphatic heterocycles. The second-order valence-corrected chi connectivity index (χ2v) is 8.34. The zero-order valence-corrected chi connectivity index (χ0v) is 18.4. The Kier molecular flexibility index (Phi) is 5.12. The number of fused-ring (bicyclic) bond motifs is 1. The number of carbonyl (C=O) groups is 1. The molecule has 0 bridgehead atoms. The first-order chi connectivity index (χ1) is 15.6. The minimum Gasteiger partial charge on any atom is -0.308 e. The van der Waals surface area contributed by atoms with Crippen LogP contribution in [0.25, 0.3) is 27.6 Å². The predicted molar refractivity (Wildman–Crippen MR) is 128 cm³/mol. The Morgan fingerprint density at radius 3 is 2.66 bits per heavy atom. The largest absolute Gasteiger partial charge is 0.323 e. The van der Waals surface area contributed by atoms with Gasteiger partial charge in [-0.1, -0.05) is 30.3 Å². The summed E-state index contributed by atoms with van der Waals surface area (Å²) in [5, 5.41) is 21.1. The standard InChI is InChI=1S/C24H20N6OS/c1-15-6-3-9-19(16(15)2)26-24(31)25-18-8-4-7-17(14-18)20-11-12-22-27-28-23(30(22)29-20)21-10-5-13-32-21/h3-14H,1-2H3,(H2,25,26,31). The van der Waals surface area contributed by atoms with E-state index in [-0.39, 0.29) is 6.03 Å². The van der Waals surface area contributed by atoms with E-state index in [2.05, 4.69) is 20.8 Å². The summed E-state index contributed by atoms with van der Waals surface area (Å²) in [6, 6.07) is 20.9. The molecule has 5 rings (SSSR count). The average molecular weight is 441 g/mol. The van der Waals surface area contributed by atoms with Crippen molar-refractivity contribution >= 4 is 34.4 Å². The van der Waals surface area contributed by atoms with Crippen LogP contribution >= 0.6 is 11.3 Å². The number of aromatic nitrogens is 4. The van der Waals surface area contributed by atoms with Crippen molar-refractivity contribution in [2.75, 3.05) is 10.6 Å². The van der Waals surface area contributed by atoms with Crippen molar-refractivity contribution in [1.82, 2.24) is 19.8 Å². The van der Waals surface area contributed by atoms with E-state index < -0.39 is 0 Å². The zero-order valence-electron chi connectivity index (χ0n) is 17.5. The van der Waals surface area contributed by atoms with Crippen LogP contribution in [-0.2, 0) is 0 Å². The van der Waals surface area contributed by atoms with E-state index >= 15 is 0 Å². The van der Waals surface area contributed by atoms with Gasteiger partial charge in [-0.3, -0.25) is 0 Å². The number of amides is 2. The summed E-state index contributed by atoms with van der Waals surface area (Å²) in [4.78, 5) is 13.6. The van der Waals surface area contributed by atoms with E-state index in [1.165, 1.54) is 0 Å². The van der Waals surface area contributed by atoms with Crippen LogP contribution in [0.5, 0.6) is 0 Å². The van der Waals surface area contributed by atoms with Crippen LogP contribution < -0.4 is 10.6 Å². The van der Waals surface area contributed by atoms with Crippen LogP contribution in [0.4, 0.5) is 16.2 Å². The van der Waals surface area contributed by atoms with Crippen LogP contribution in [-0.4, -0.2) is 25.8 Å². The molecule has 7 nitrogen and oxygen atoms in total. The molecule has 0 saturated carbocycles. The molecule has 0 aliphatic rings. The summed E-state index contributed by atoms with van der Waals surface area (Å²) in [6.45, 7) is 4.01. The Balaban J connectivity index is 1.40. The van der Waals surface area contributed by atoms with Crippen molar-refractivity contribution in [3.8, 4) is 22.0 Å². The number of urea groups is 1. The highest BCUT2D eigenvalue weighted by atomic mass is 32.1. The van der Waals surface area contributed by atoms with Gasteiger partial charge in [-0.25, -0.2) is 4.79 Å². The molecule has 3 aromatic heterocycles. The first-order valence-corrected chi connectivity index (χ1v) is 11.0. The van der Waals surface area contributed by atoms with Gasteiger partial charge in [0.15, 0.2) is 11.5 Å². The number of nitrogens with one attached hydrogen (secondary N) is 2. The maximum Gasteiger partial charge on any atom is 0.323 e. The number of nitrogens with zero attached hydrogens (tertiary/aromatic N) is 4. The molecule has 0 radical (unpaired) electrons. The summed E-state index contributed by atoms with van der Waals surface area (Å²) in [5.41, 5.74) is 5.95. The lowest BCUT2D eigenvalue weighted by Crippen LogP contribution is -2.20. The normalized spacial score (nSPS) is 10.9. The van der Waals surface area contributed by atoms with Crippen molar-refractivity contribution in [1.29, 1.82) is 0 Å². The molecular formula is C24H20N6OS. The molecule has 2 N–H and O–H groups in total. The fourth-order valence-corrected chi connectivity index (χ4v) is 4.12. The van der Waals surface area contributed by atoms with Gasteiger partial charge in [-0.05, 0) is 66.8 Å². The number of hydrogen-bond acceptors (Lipinski definition) is 5. The van der Waals surface area contributed by atoms with E-state index in [0.29, 0.717) is 17.2 Å². The molecule has 5 aromatic rings. The lowest BCUT2D eigenvalue weighted by molar-refractivity contribution is 0.262. The monoisotopic (exact) mass is 440 g/mol. The minimum absolute atomic E-state index is 0.293. The highest BCUT2D eigenvalue weighted by molar-refractivity contribution is 7.13. The van der Waals surface area contributed by atoms with Gasteiger partial charge < -0.3 is 10.6 Å². The van der Waals surface area contributed by atoms with E-state index in [4.69, 9.17) is 5.10 Å². The summed E-state index contributed by atoms with van der Waals surface area (Å²) >= 11 is 1.59. The molecule has 32 heavy (non-hydrogen) atoms. The first-order valence-electron chi connectivity index (χ1n) is 10.1. The third kappa shape index (κ3) is 3.83. The van der Waals surface area contributed by atoms with E-state index in [1.54, 1.807) is 15.9 Å². The van der Waals surface area contributed by atoms with Crippen molar-refractivity contribution in [3.05, 3.63) is 83.2 Å². The van der Waals surface area contributed by atoms with Crippen molar-refractivity contribution in [3.63, 3.8) is 0 Å². The number of rotatable bonds is 4. The Bertz CT molecular complexity index is 1420. The highest BCUT2D eigenvalue weighted by Crippen LogP contribution is 2.26. The van der Waals surface area contributed by atoms with Crippen molar-refractivity contribution < 1.29 is 4.79 Å². The quantitative estimate of drug-likeness (QED) is 0.371. The molecule has 158 valence electrons. The molecule has 0 fully saturated rings. The fraction of sp³-hybridized carbons (Fsp3) is 0.0833. The Labute approximate surface area is 188 Å². The number of hydrogen-bond donors (Lipinski definition) is 2. The van der Waals surface area contributed by atoms with Crippen LogP contribution in [0.15, 0.2) is 72.1 Å². The van der Waals surface area contributed by atoms with Crippen molar-refractivity contribution in [2.45, 2.75) is 13.8 Å². The topological polar surface area (TPSA) is 84.2 Å². The molecular weight excluding hydrogens is 420 g/mol. The second kappa shape index (κ2) is 8.24. The van der Waals surface area contributed by atoms with Crippen LogP contribution in [0.2, 0.25) is 0 Å². The first kappa shape index (κ1) is 19.9. The third-order valence-corrected chi connectivity index (χ3v) is 6.14. The predicted octanol–water partition coefficient (Wildman–Crippen LogP) is 5.78. The molecule has 0 spiro atoms. The fourth-order valence-electron chi connectivity index (χ4n) is 3.43. The average Bonchev–Trinajstić information content (AvgIpc) is 3.46. The van der Waals surface area contributed by atoms with Gasteiger partial charge in [0.1, 0.15) is 0 Å². The molecule has 3 heterocycles. The molecule has 0 aliphatic carbocycles. The molecule has 2 aromatic carbocycles. The molecule has 0 unspecified atom stereocenters. The van der Waals surface area contributed by atoms with E-state index in [0.717, 1.165) is 32.9 Å². The molecule has 0 atom stereocenters. The highest BCUT2D eigenvalue weighted by Gasteiger charge is 2.12. The third-order valence-electron chi connectivity index (χ3n) is 5.27. The lowest BCUT2D eigenvalue weighted by Gasteiger charge is -2.12. The summed E-state index contributed by atoms with van der Waals surface area (Å²) < 4.78 is 1.74. The van der Waals surface area contributed by atoms with Gasteiger partial charge in [-0.15, -0.1) is 21.5 Å². The second-order valence-electron chi connectivity index (χ2n) is 7.40. The van der Waals surface area contributed by atoms with Crippen LogP contribution in [0.3, 0.4) is 0 Å². The number of aryl methyl sites for hydroxylation is 1. The minimum atomic E-state index is -0.293. The molecule has 8 heteroatoms.